The van der Waals surface area contributed by atoms with Crippen molar-refractivity contribution >= 4 is 23.1 Å². The van der Waals surface area contributed by atoms with Crippen LogP contribution < -0.4 is 10.2 Å². The number of nitrogens with one attached hydrogen (secondary N) is 1. The highest BCUT2D eigenvalue weighted by atomic mass is 16.5. The quantitative estimate of drug-likeness (QED) is 0.554. The molecule has 2 aromatic rings. The minimum absolute atomic E-state index is 0.205. The van der Waals surface area contributed by atoms with Gasteiger partial charge in [-0.2, -0.15) is 0 Å². The van der Waals surface area contributed by atoms with Gasteiger partial charge in [0.2, 0.25) is 0 Å². The number of carbonyl (C=O) groups is 2. The van der Waals surface area contributed by atoms with Crippen molar-refractivity contribution in [1.29, 1.82) is 0 Å². The van der Waals surface area contributed by atoms with E-state index in [0.717, 1.165) is 48.8 Å². The summed E-state index contributed by atoms with van der Waals surface area (Å²) in [5.74, 6) is -1.72. The summed E-state index contributed by atoms with van der Waals surface area (Å²) in [6.07, 6.45) is 2.15. The van der Waals surface area contributed by atoms with E-state index < -0.39 is 11.9 Å². The van der Waals surface area contributed by atoms with E-state index in [4.69, 9.17) is 4.74 Å². The number of rotatable bonds is 6. The Morgan fingerprint density at radius 2 is 1.72 bits per heavy atom. The highest BCUT2D eigenvalue weighted by Gasteiger charge is 2.39. The van der Waals surface area contributed by atoms with Gasteiger partial charge in [0.05, 0.1) is 18.0 Å². The van der Waals surface area contributed by atoms with E-state index in [1.165, 1.54) is 0 Å². The molecule has 1 N–H and O–H groups in total. The van der Waals surface area contributed by atoms with Gasteiger partial charge in [-0.15, -0.1) is 0 Å². The number of allylic oxidation sites excluding steroid dienone is 2. The number of hydrogen-bond acceptors (Lipinski definition) is 6. The van der Waals surface area contributed by atoms with Crippen molar-refractivity contribution in [3.8, 4) is 0 Å². The fourth-order valence-corrected chi connectivity index (χ4v) is 4.56. The van der Waals surface area contributed by atoms with Gasteiger partial charge in [0.1, 0.15) is 5.92 Å². The molecule has 0 aromatic heterocycles. The van der Waals surface area contributed by atoms with Crippen LogP contribution in [-0.2, 0) is 14.3 Å². The van der Waals surface area contributed by atoms with E-state index in [-0.39, 0.29) is 18.3 Å². The summed E-state index contributed by atoms with van der Waals surface area (Å²) in [6, 6.07) is 18.0. The Bertz CT molecular complexity index is 981. The van der Waals surface area contributed by atoms with E-state index in [0.29, 0.717) is 6.42 Å². The second-order valence-corrected chi connectivity index (χ2v) is 8.46. The lowest BCUT2D eigenvalue weighted by molar-refractivity contribution is -0.151. The number of esters is 1. The summed E-state index contributed by atoms with van der Waals surface area (Å²) in [6.45, 7) is 5.99. The molecule has 0 spiro atoms. The Labute approximate surface area is 189 Å². The molecule has 2 aromatic carbocycles. The Morgan fingerprint density at radius 1 is 1.03 bits per heavy atom. The maximum Gasteiger partial charge on any atom is 0.317 e. The molecular weight excluding hydrogens is 402 g/mol. The lowest BCUT2D eigenvalue weighted by Crippen LogP contribution is -2.44. The average molecular weight is 434 g/mol. The first-order valence-corrected chi connectivity index (χ1v) is 11.3. The molecule has 2 aliphatic rings. The summed E-state index contributed by atoms with van der Waals surface area (Å²) in [4.78, 5) is 30.4. The van der Waals surface area contributed by atoms with Gasteiger partial charge in [-0.3, -0.25) is 9.59 Å². The maximum absolute atomic E-state index is 13.1. The summed E-state index contributed by atoms with van der Waals surface area (Å²) in [7, 11) is 2.14. The van der Waals surface area contributed by atoms with Crippen molar-refractivity contribution in [2.75, 3.05) is 50.1 Å². The monoisotopic (exact) mass is 433 g/mol. The first-order chi connectivity index (χ1) is 15.6. The molecule has 1 heterocycles. The number of carbonyl (C=O) groups excluding carboxylic acids is 2. The molecule has 6 nitrogen and oxygen atoms in total. The molecule has 2 atom stereocenters. The zero-order valence-electron chi connectivity index (χ0n) is 18.8. The standard InChI is InChI=1S/C26H31N3O3/c1-3-32-26(31)25-21(19-9-5-4-6-10-19)17-20(18-24(25)30)27-22-11-7-8-12-23(22)29-15-13-28(2)14-16-29/h4-12,18,21,25,27H,3,13-17H2,1-2H3. The third-order valence-electron chi connectivity index (χ3n) is 6.28. The van der Waals surface area contributed by atoms with Crippen LogP contribution in [0.5, 0.6) is 0 Å². The number of nitrogens with zero attached hydrogens (tertiary/aromatic N) is 2. The number of anilines is 2. The van der Waals surface area contributed by atoms with Gasteiger partial charge in [0.25, 0.3) is 0 Å². The third-order valence-corrected chi connectivity index (χ3v) is 6.28. The van der Waals surface area contributed by atoms with Crippen LogP contribution in [0.15, 0.2) is 66.4 Å². The Kier molecular flexibility index (Phi) is 6.90. The van der Waals surface area contributed by atoms with E-state index in [2.05, 4.69) is 28.2 Å². The zero-order valence-corrected chi connectivity index (χ0v) is 18.8. The SMILES string of the molecule is CCOC(=O)C1C(=O)C=C(Nc2ccccc2N2CCN(C)CC2)CC1c1ccccc1. The molecule has 0 radical (unpaired) electrons. The molecule has 4 rings (SSSR count). The second kappa shape index (κ2) is 10.0. The van der Waals surface area contributed by atoms with E-state index in [1.54, 1.807) is 13.0 Å². The molecule has 6 heteroatoms. The van der Waals surface area contributed by atoms with Crippen molar-refractivity contribution in [1.82, 2.24) is 4.90 Å². The lowest BCUT2D eigenvalue weighted by atomic mass is 9.76. The van der Waals surface area contributed by atoms with Gasteiger partial charge < -0.3 is 19.9 Å². The number of ketones is 1. The van der Waals surface area contributed by atoms with Crippen LogP contribution in [0.2, 0.25) is 0 Å². The van der Waals surface area contributed by atoms with Gasteiger partial charge in [0.15, 0.2) is 5.78 Å². The number of para-hydroxylation sites is 2. The highest BCUT2D eigenvalue weighted by molar-refractivity contribution is 6.07. The van der Waals surface area contributed by atoms with Crippen LogP contribution in [0, 0.1) is 5.92 Å². The molecule has 1 fully saturated rings. The van der Waals surface area contributed by atoms with E-state index >= 15 is 0 Å². The number of benzene rings is 2. The van der Waals surface area contributed by atoms with Crippen LogP contribution in [0.4, 0.5) is 11.4 Å². The first-order valence-electron chi connectivity index (χ1n) is 11.3. The number of ether oxygens (including phenoxy) is 1. The zero-order chi connectivity index (χ0) is 22.5. The van der Waals surface area contributed by atoms with Gasteiger partial charge in [-0.05, 0) is 38.1 Å². The minimum atomic E-state index is -0.809. The van der Waals surface area contributed by atoms with E-state index in [1.807, 2.05) is 48.5 Å². The number of likely N-dealkylation sites (N-methyl/N-ethyl adjacent to an activating group) is 1. The molecule has 0 bridgehead atoms. The fraction of sp³-hybridized carbons (Fsp3) is 0.385. The van der Waals surface area contributed by atoms with Crippen molar-refractivity contribution in [2.45, 2.75) is 19.3 Å². The predicted molar refractivity (Wildman–Crippen MR) is 127 cm³/mol. The molecule has 1 aliphatic carbocycles. The van der Waals surface area contributed by atoms with Gasteiger partial charge in [-0.25, -0.2) is 0 Å². The topological polar surface area (TPSA) is 61.9 Å². The molecule has 1 aliphatic heterocycles. The van der Waals surface area contributed by atoms with Crippen molar-refractivity contribution in [3.63, 3.8) is 0 Å². The number of hydrogen-bond donors (Lipinski definition) is 1. The van der Waals surface area contributed by atoms with Crippen molar-refractivity contribution in [3.05, 3.63) is 71.9 Å². The average Bonchev–Trinajstić information content (AvgIpc) is 2.80. The molecular formula is C26H31N3O3. The Morgan fingerprint density at radius 3 is 2.44 bits per heavy atom. The van der Waals surface area contributed by atoms with Gasteiger partial charge in [0, 0.05) is 43.9 Å². The maximum atomic E-state index is 13.1. The van der Waals surface area contributed by atoms with Gasteiger partial charge in [-0.1, -0.05) is 42.5 Å². The summed E-state index contributed by atoms with van der Waals surface area (Å²) in [5, 5.41) is 3.51. The molecule has 32 heavy (non-hydrogen) atoms. The van der Waals surface area contributed by atoms with Gasteiger partial charge >= 0.3 is 5.97 Å². The van der Waals surface area contributed by atoms with Crippen LogP contribution >= 0.6 is 0 Å². The van der Waals surface area contributed by atoms with Crippen molar-refractivity contribution in [2.24, 2.45) is 5.92 Å². The fourth-order valence-electron chi connectivity index (χ4n) is 4.56. The summed E-state index contributed by atoms with van der Waals surface area (Å²) < 4.78 is 5.24. The molecule has 0 amide bonds. The molecule has 1 saturated heterocycles. The molecule has 168 valence electrons. The van der Waals surface area contributed by atoms with E-state index in [9.17, 15) is 9.59 Å². The largest absolute Gasteiger partial charge is 0.465 e. The lowest BCUT2D eigenvalue weighted by Gasteiger charge is -2.36. The summed E-state index contributed by atoms with van der Waals surface area (Å²) >= 11 is 0. The predicted octanol–water partition coefficient (Wildman–Crippen LogP) is 3.67. The minimum Gasteiger partial charge on any atom is -0.465 e. The van der Waals surface area contributed by atoms with Crippen LogP contribution in [0.3, 0.4) is 0 Å². The third kappa shape index (κ3) is 4.86. The normalized spacial score (nSPS) is 21.8. The van der Waals surface area contributed by atoms with Crippen LogP contribution in [-0.4, -0.2) is 56.5 Å². The van der Waals surface area contributed by atoms with Crippen LogP contribution in [0.25, 0.3) is 0 Å². The van der Waals surface area contributed by atoms with Crippen LogP contribution in [0.1, 0.15) is 24.8 Å². The Hall–Kier alpha value is -3.12. The van der Waals surface area contributed by atoms with Crippen molar-refractivity contribution < 1.29 is 14.3 Å². The molecule has 0 saturated carbocycles. The second-order valence-electron chi connectivity index (χ2n) is 8.46. The molecule has 2 unspecified atom stereocenters. The summed E-state index contributed by atoms with van der Waals surface area (Å²) in [5.41, 5.74) is 3.92. The first kappa shape index (κ1) is 22.1. The highest BCUT2D eigenvalue weighted by Crippen LogP contribution is 2.38. The Balaban J connectivity index is 1.60. The number of piperazine rings is 1. The smallest absolute Gasteiger partial charge is 0.317 e.